The normalized spacial score (nSPS) is 16.9. The summed E-state index contributed by atoms with van der Waals surface area (Å²) in [6, 6.07) is 5.40. The molecule has 0 unspecified atom stereocenters. The Morgan fingerprint density at radius 3 is 2.76 bits per heavy atom. The molecule has 2 rings (SSSR count). The van der Waals surface area contributed by atoms with Crippen LogP contribution in [0.3, 0.4) is 0 Å². The summed E-state index contributed by atoms with van der Waals surface area (Å²) in [4.78, 5) is 0. The first kappa shape index (κ1) is 12.4. The number of nitrogens with one attached hydrogen (secondary N) is 1. The molecule has 0 bridgehead atoms. The van der Waals surface area contributed by atoms with E-state index in [1.807, 2.05) is 12.1 Å². The molecule has 0 saturated heterocycles. The first-order chi connectivity index (χ1) is 8.21. The van der Waals surface area contributed by atoms with Gasteiger partial charge in [0.05, 0.1) is 7.11 Å². The molecule has 0 spiro atoms. The summed E-state index contributed by atoms with van der Waals surface area (Å²) in [5, 5.41) is 3.37. The Labute approximate surface area is 102 Å². The predicted octanol–water partition coefficient (Wildman–Crippen LogP) is 2.77. The van der Waals surface area contributed by atoms with Gasteiger partial charge in [-0.2, -0.15) is 0 Å². The Kier molecular flexibility index (Phi) is 3.67. The molecule has 1 aromatic rings. The maximum atomic E-state index is 14.0. The van der Waals surface area contributed by atoms with Gasteiger partial charge < -0.3 is 10.1 Å². The molecule has 1 saturated carbocycles. The average Bonchev–Trinajstić information content (AvgIpc) is 3.10. The van der Waals surface area contributed by atoms with Crippen LogP contribution in [0.25, 0.3) is 0 Å². The minimum atomic E-state index is -0.197. The SMILES string of the molecule is CCNCC1(Cc2cccc(OC)c2F)CC1. The molecule has 0 radical (unpaired) electrons. The van der Waals surface area contributed by atoms with Gasteiger partial charge >= 0.3 is 0 Å². The van der Waals surface area contributed by atoms with Crippen molar-refractivity contribution in [3.8, 4) is 5.75 Å². The van der Waals surface area contributed by atoms with E-state index in [-0.39, 0.29) is 11.2 Å². The summed E-state index contributed by atoms with van der Waals surface area (Å²) < 4.78 is 19.0. The fourth-order valence-corrected chi connectivity index (χ4v) is 2.24. The van der Waals surface area contributed by atoms with Gasteiger partial charge in [-0.1, -0.05) is 19.1 Å². The number of hydrogen-bond acceptors (Lipinski definition) is 2. The molecule has 1 fully saturated rings. The molecule has 2 nitrogen and oxygen atoms in total. The molecular weight excluding hydrogens is 217 g/mol. The van der Waals surface area contributed by atoms with Crippen molar-refractivity contribution in [2.75, 3.05) is 20.2 Å². The van der Waals surface area contributed by atoms with Crippen LogP contribution in [0.4, 0.5) is 4.39 Å². The first-order valence-electron chi connectivity index (χ1n) is 6.23. The molecular formula is C14H20FNO. The van der Waals surface area contributed by atoms with E-state index in [4.69, 9.17) is 4.74 Å². The minimum Gasteiger partial charge on any atom is -0.494 e. The summed E-state index contributed by atoms with van der Waals surface area (Å²) >= 11 is 0. The van der Waals surface area contributed by atoms with Crippen molar-refractivity contribution in [3.05, 3.63) is 29.6 Å². The molecule has 1 aliphatic rings. The molecule has 0 heterocycles. The van der Waals surface area contributed by atoms with Crippen molar-refractivity contribution < 1.29 is 9.13 Å². The standard InChI is InChI=1S/C14H20FNO/c1-3-16-10-14(7-8-14)9-11-5-4-6-12(17-2)13(11)15/h4-6,16H,3,7-10H2,1-2H3. The zero-order chi connectivity index (χ0) is 12.3. The Hall–Kier alpha value is -1.09. The third-order valence-corrected chi connectivity index (χ3v) is 3.54. The molecule has 1 aliphatic carbocycles. The second-order valence-corrected chi connectivity index (χ2v) is 4.89. The molecule has 3 heteroatoms. The largest absolute Gasteiger partial charge is 0.494 e. The van der Waals surface area contributed by atoms with Crippen LogP contribution < -0.4 is 10.1 Å². The van der Waals surface area contributed by atoms with Crippen LogP contribution in [0.15, 0.2) is 18.2 Å². The smallest absolute Gasteiger partial charge is 0.168 e. The third-order valence-electron chi connectivity index (χ3n) is 3.54. The number of hydrogen-bond donors (Lipinski definition) is 1. The molecule has 0 aromatic heterocycles. The second-order valence-electron chi connectivity index (χ2n) is 4.89. The van der Waals surface area contributed by atoms with E-state index in [1.54, 1.807) is 6.07 Å². The number of methoxy groups -OCH3 is 1. The van der Waals surface area contributed by atoms with E-state index in [2.05, 4.69) is 12.2 Å². The molecule has 1 N–H and O–H groups in total. The zero-order valence-corrected chi connectivity index (χ0v) is 10.6. The monoisotopic (exact) mass is 237 g/mol. The van der Waals surface area contributed by atoms with Gasteiger partial charge in [-0.25, -0.2) is 4.39 Å². The van der Waals surface area contributed by atoms with Gasteiger partial charge in [0.2, 0.25) is 0 Å². The van der Waals surface area contributed by atoms with E-state index in [0.717, 1.165) is 25.1 Å². The van der Waals surface area contributed by atoms with Crippen LogP contribution >= 0.6 is 0 Å². The van der Waals surface area contributed by atoms with Crippen LogP contribution in [0.1, 0.15) is 25.3 Å². The summed E-state index contributed by atoms with van der Waals surface area (Å²) in [5.74, 6) is 0.152. The lowest BCUT2D eigenvalue weighted by Gasteiger charge is -2.16. The van der Waals surface area contributed by atoms with Gasteiger partial charge in [-0.15, -0.1) is 0 Å². The lowest BCUT2D eigenvalue weighted by molar-refractivity contribution is 0.379. The van der Waals surface area contributed by atoms with Crippen molar-refractivity contribution in [1.29, 1.82) is 0 Å². The van der Waals surface area contributed by atoms with Gasteiger partial charge in [-0.05, 0) is 42.9 Å². The van der Waals surface area contributed by atoms with E-state index in [0.29, 0.717) is 5.75 Å². The first-order valence-corrected chi connectivity index (χ1v) is 6.23. The van der Waals surface area contributed by atoms with E-state index in [9.17, 15) is 4.39 Å². The number of ether oxygens (including phenoxy) is 1. The van der Waals surface area contributed by atoms with Crippen LogP contribution in [0, 0.1) is 11.2 Å². The highest BCUT2D eigenvalue weighted by atomic mass is 19.1. The molecule has 94 valence electrons. The van der Waals surface area contributed by atoms with Crippen molar-refractivity contribution in [2.24, 2.45) is 5.41 Å². The van der Waals surface area contributed by atoms with Crippen molar-refractivity contribution in [1.82, 2.24) is 5.32 Å². The van der Waals surface area contributed by atoms with E-state index in [1.165, 1.54) is 20.0 Å². The molecule has 0 aliphatic heterocycles. The molecule has 0 amide bonds. The Bertz CT molecular complexity index is 388. The van der Waals surface area contributed by atoms with Crippen molar-refractivity contribution >= 4 is 0 Å². The van der Waals surface area contributed by atoms with Gasteiger partial charge in [-0.3, -0.25) is 0 Å². The van der Waals surface area contributed by atoms with Crippen LogP contribution in [0.2, 0.25) is 0 Å². The molecule has 0 atom stereocenters. The molecule has 1 aromatic carbocycles. The maximum absolute atomic E-state index is 14.0. The quantitative estimate of drug-likeness (QED) is 0.821. The average molecular weight is 237 g/mol. The lowest BCUT2D eigenvalue weighted by atomic mass is 9.96. The Balaban J connectivity index is 2.08. The third kappa shape index (κ3) is 2.78. The fraction of sp³-hybridized carbons (Fsp3) is 0.571. The fourth-order valence-electron chi connectivity index (χ4n) is 2.24. The summed E-state index contributed by atoms with van der Waals surface area (Å²) in [6.45, 7) is 4.06. The van der Waals surface area contributed by atoms with Gasteiger partial charge in [0, 0.05) is 6.54 Å². The van der Waals surface area contributed by atoms with Crippen molar-refractivity contribution in [3.63, 3.8) is 0 Å². The van der Waals surface area contributed by atoms with Crippen LogP contribution in [0.5, 0.6) is 5.75 Å². The van der Waals surface area contributed by atoms with Gasteiger partial charge in [0.25, 0.3) is 0 Å². The van der Waals surface area contributed by atoms with Crippen LogP contribution in [-0.2, 0) is 6.42 Å². The lowest BCUT2D eigenvalue weighted by Crippen LogP contribution is -2.25. The summed E-state index contributed by atoms with van der Waals surface area (Å²) in [5.41, 5.74) is 1.06. The topological polar surface area (TPSA) is 21.3 Å². The highest BCUT2D eigenvalue weighted by Gasteiger charge is 2.42. The zero-order valence-electron chi connectivity index (χ0n) is 10.6. The van der Waals surface area contributed by atoms with E-state index >= 15 is 0 Å². The Morgan fingerprint density at radius 2 is 2.18 bits per heavy atom. The van der Waals surface area contributed by atoms with Crippen LogP contribution in [-0.4, -0.2) is 20.2 Å². The highest BCUT2D eigenvalue weighted by molar-refractivity contribution is 5.32. The van der Waals surface area contributed by atoms with Gasteiger partial charge in [0.1, 0.15) is 0 Å². The summed E-state index contributed by atoms with van der Waals surface area (Å²) in [7, 11) is 1.51. The number of halogens is 1. The van der Waals surface area contributed by atoms with E-state index < -0.39 is 0 Å². The Morgan fingerprint density at radius 1 is 1.41 bits per heavy atom. The van der Waals surface area contributed by atoms with Crippen molar-refractivity contribution in [2.45, 2.75) is 26.2 Å². The summed E-state index contributed by atoms with van der Waals surface area (Å²) in [6.07, 6.45) is 3.19. The number of benzene rings is 1. The minimum absolute atomic E-state index is 0.197. The second kappa shape index (κ2) is 5.05. The molecule has 17 heavy (non-hydrogen) atoms. The predicted molar refractivity (Wildman–Crippen MR) is 66.9 cm³/mol. The number of rotatable bonds is 6. The van der Waals surface area contributed by atoms with Gasteiger partial charge in [0.15, 0.2) is 11.6 Å². The highest BCUT2D eigenvalue weighted by Crippen LogP contribution is 2.48. The maximum Gasteiger partial charge on any atom is 0.168 e.